The second kappa shape index (κ2) is 9.41. The third-order valence-corrected chi connectivity index (χ3v) is 6.63. The van der Waals surface area contributed by atoms with Crippen molar-refractivity contribution in [2.24, 2.45) is 0 Å². The molecule has 1 amide bonds. The second-order valence-corrected chi connectivity index (χ2v) is 9.11. The average molecular weight is 461 g/mol. The predicted octanol–water partition coefficient (Wildman–Crippen LogP) is 2.53. The van der Waals surface area contributed by atoms with Gasteiger partial charge in [-0.1, -0.05) is 18.2 Å². The largest absolute Gasteiger partial charge is 0.457 e. The zero-order valence-corrected chi connectivity index (χ0v) is 18.1. The molecule has 2 heterocycles. The van der Waals surface area contributed by atoms with Crippen LogP contribution in [0.15, 0.2) is 59.5 Å². The van der Waals surface area contributed by atoms with Crippen LogP contribution in [0.3, 0.4) is 0 Å². The maximum absolute atomic E-state index is 12.6. The van der Waals surface area contributed by atoms with Gasteiger partial charge in [-0.05, 0) is 36.4 Å². The molecule has 1 aromatic heterocycles. The third kappa shape index (κ3) is 5.57. The van der Waals surface area contributed by atoms with Crippen molar-refractivity contribution in [1.29, 1.82) is 0 Å². The summed E-state index contributed by atoms with van der Waals surface area (Å²) in [6, 6.07) is 15.3. The molecule has 1 saturated heterocycles. The molecule has 1 fully saturated rings. The molecule has 0 spiro atoms. The van der Waals surface area contributed by atoms with Crippen LogP contribution in [0.2, 0.25) is 0 Å². The van der Waals surface area contributed by atoms with Gasteiger partial charge in [0.05, 0.1) is 24.5 Å². The minimum Gasteiger partial charge on any atom is -0.457 e. The van der Waals surface area contributed by atoms with Crippen LogP contribution in [0.25, 0.3) is 0 Å². The Hall–Kier alpha value is -3.02. The van der Waals surface area contributed by atoms with Crippen molar-refractivity contribution in [3.05, 3.63) is 60.4 Å². The first kappa shape index (κ1) is 21.2. The number of anilines is 1. The van der Waals surface area contributed by atoms with Crippen LogP contribution in [0.5, 0.6) is 11.5 Å². The average Bonchev–Trinajstić information content (AvgIpc) is 3.21. The monoisotopic (exact) mass is 460 g/mol. The van der Waals surface area contributed by atoms with Crippen LogP contribution in [0, 0.1) is 0 Å². The summed E-state index contributed by atoms with van der Waals surface area (Å²) in [7, 11) is -3.85. The number of hydrogen-bond acceptors (Lipinski definition) is 8. The lowest BCUT2D eigenvalue weighted by atomic mass is 10.3. The summed E-state index contributed by atoms with van der Waals surface area (Å²) >= 11 is 0.893. The van der Waals surface area contributed by atoms with Crippen molar-refractivity contribution in [2.45, 2.75) is 11.3 Å². The zero-order chi connectivity index (χ0) is 21.7. The summed E-state index contributed by atoms with van der Waals surface area (Å²) in [4.78, 5) is 18.2. The molecule has 0 saturated carbocycles. The van der Waals surface area contributed by atoms with E-state index in [0.717, 1.165) is 11.5 Å². The first-order valence-corrected chi connectivity index (χ1v) is 11.8. The normalized spacial score (nSPS) is 14.3. The van der Waals surface area contributed by atoms with Crippen LogP contribution in [-0.4, -0.2) is 54.9 Å². The molecule has 9 nitrogen and oxygen atoms in total. The molecule has 1 aliphatic rings. The van der Waals surface area contributed by atoms with E-state index in [1.54, 1.807) is 17.0 Å². The Morgan fingerprint density at radius 2 is 1.74 bits per heavy atom. The zero-order valence-electron chi connectivity index (χ0n) is 16.4. The van der Waals surface area contributed by atoms with E-state index in [2.05, 4.69) is 14.1 Å². The highest BCUT2D eigenvalue weighted by Crippen LogP contribution is 2.24. The number of para-hydroxylation sites is 1. The Bertz CT molecular complexity index is 1130. The molecule has 2 aromatic carbocycles. The molecule has 0 bridgehead atoms. The van der Waals surface area contributed by atoms with Crippen LogP contribution in [0.4, 0.5) is 5.13 Å². The van der Waals surface area contributed by atoms with E-state index in [9.17, 15) is 13.2 Å². The molecule has 1 N–H and O–H groups in total. The first-order chi connectivity index (χ1) is 15.0. The second-order valence-electron chi connectivity index (χ2n) is 6.68. The molecule has 3 aromatic rings. The van der Waals surface area contributed by atoms with Gasteiger partial charge in [-0.3, -0.25) is 9.52 Å². The number of rotatable bonds is 7. The molecule has 0 radical (unpaired) electrons. The van der Waals surface area contributed by atoms with Crippen molar-refractivity contribution in [3.63, 3.8) is 0 Å². The molecule has 162 valence electrons. The van der Waals surface area contributed by atoms with Gasteiger partial charge in [-0.25, -0.2) is 13.4 Å². The SMILES string of the molecule is O=C(Cc1nsc(NS(=O)(=O)c2ccc(Oc3ccccc3)cc2)n1)N1CCOCC1. The van der Waals surface area contributed by atoms with Gasteiger partial charge in [-0.15, -0.1) is 0 Å². The van der Waals surface area contributed by atoms with Gasteiger partial charge < -0.3 is 14.4 Å². The number of benzene rings is 2. The molecular weight excluding hydrogens is 440 g/mol. The number of hydrogen-bond donors (Lipinski definition) is 1. The maximum atomic E-state index is 12.6. The van der Waals surface area contributed by atoms with E-state index >= 15 is 0 Å². The number of aromatic nitrogens is 2. The smallest absolute Gasteiger partial charge is 0.263 e. The van der Waals surface area contributed by atoms with E-state index in [0.29, 0.717) is 37.8 Å². The summed E-state index contributed by atoms with van der Waals surface area (Å²) in [6.07, 6.45) is 0.0176. The summed E-state index contributed by atoms with van der Waals surface area (Å²) in [6.45, 7) is 2.09. The van der Waals surface area contributed by atoms with E-state index < -0.39 is 10.0 Å². The predicted molar refractivity (Wildman–Crippen MR) is 115 cm³/mol. The summed E-state index contributed by atoms with van der Waals surface area (Å²) in [5.41, 5.74) is 0. The van der Waals surface area contributed by atoms with Crippen LogP contribution >= 0.6 is 11.5 Å². The molecule has 0 aliphatic carbocycles. The van der Waals surface area contributed by atoms with Crippen molar-refractivity contribution < 1.29 is 22.7 Å². The van der Waals surface area contributed by atoms with Crippen LogP contribution in [-0.2, 0) is 26.0 Å². The number of amides is 1. The van der Waals surface area contributed by atoms with Crippen molar-refractivity contribution >= 4 is 32.6 Å². The van der Waals surface area contributed by atoms with Gasteiger partial charge in [0.25, 0.3) is 10.0 Å². The van der Waals surface area contributed by atoms with Crippen LogP contribution < -0.4 is 9.46 Å². The van der Waals surface area contributed by atoms with Gasteiger partial charge >= 0.3 is 0 Å². The number of nitrogens with one attached hydrogen (secondary N) is 1. The molecule has 4 rings (SSSR count). The lowest BCUT2D eigenvalue weighted by Crippen LogP contribution is -2.41. The number of nitrogens with zero attached hydrogens (tertiary/aromatic N) is 3. The number of morpholine rings is 1. The first-order valence-electron chi connectivity index (χ1n) is 9.53. The molecule has 11 heteroatoms. The van der Waals surface area contributed by atoms with E-state index in [4.69, 9.17) is 9.47 Å². The van der Waals surface area contributed by atoms with Gasteiger partial charge in [0, 0.05) is 24.6 Å². The van der Waals surface area contributed by atoms with Crippen LogP contribution in [0.1, 0.15) is 5.82 Å². The molecule has 0 atom stereocenters. The fourth-order valence-corrected chi connectivity index (χ4v) is 4.72. The van der Waals surface area contributed by atoms with E-state index in [1.807, 2.05) is 30.3 Å². The fourth-order valence-electron chi connectivity index (χ4n) is 2.91. The Morgan fingerprint density at radius 3 is 2.45 bits per heavy atom. The summed E-state index contributed by atoms with van der Waals surface area (Å²) in [5, 5.41) is 0.106. The molecule has 31 heavy (non-hydrogen) atoms. The third-order valence-electron chi connectivity index (χ3n) is 4.48. The maximum Gasteiger partial charge on any atom is 0.263 e. The Kier molecular flexibility index (Phi) is 6.44. The summed E-state index contributed by atoms with van der Waals surface area (Å²) in [5.74, 6) is 1.35. The fraction of sp³-hybridized carbons (Fsp3) is 0.250. The Morgan fingerprint density at radius 1 is 1.06 bits per heavy atom. The van der Waals surface area contributed by atoms with Gasteiger partial charge in [-0.2, -0.15) is 4.37 Å². The Balaban J connectivity index is 1.38. The van der Waals surface area contributed by atoms with Gasteiger partial charge in [0.2, 0.25) is 11.0 Å². The minimum absolute atomic E-state index is 0.0176. The molecule has 1 aliphatic heterocycles. The number of ether oxygens (including phenoxy) is 2. The summed E-state index contributed by atoms with van der Waals surface area (Å²) < 4.78 is 42.7. The van der Waals surface area contributed by atoms with Gasteiger partial charge in [0.15, 0.2) is 5.82 Å². The lowest BCUT2D eigenvalue weighted by Gasteiger charge is -2.26. The highest BCUT2D eigenvalue weighted by molar-refractivity contribution is 7.93. The van der Waals surface area contributed by atoms with Crippen molar-refractivity contribution in [3.8, 4) is 11.5 Å². The minimum atomic E-state index is -3.85. The molecule has 0 unspecified atom stereocenters. The number of sulfonamides is 1. The molecular formula is C20H20N4O5S2. The Labute approximate surface area is 183 Å². The van der Waals surface area contributed by atoms with Crippen molar-refractivity contribution in [1.82, 2.24) is 14.3 Å². The van der Waals surface area contributed by atoms with E-state index in [-0.39, 0.29) is 28.2 Å². The lowest BCUT2D eigenvalue weighted by molar-refractivity contribution is -0.134. The van der Waals surface area contributed by atoms with Crippen molar-refractivity contribution in [2.75, 3.05) is 31.0 Å². The van der Waals surface area contributed by atoms with E-state index in [1.165, 1.54) is 12.1 Å². The number of carbonyl (C=O) groups excluding carboxylic acids is 1. The highest BCUT2D eigenvalue weighted by Gasteiger charge is 2.21. The standard InChI is InChI=1S/C20H20N4O5S2/c25-19(24-10-12-28-13-11-24)14-18-21-20(30-22-18)23-31(26,27)17-8-6-16(7-9-17)29-15-4-2-1-3-5-15/h1-9H,10-14H2,(H,21,22,23). The highest BCUT2D eigenvalue weighted by atomic mass is 32.2. The number of carbonyl (C=O) groups is 1. The van der Waals surface area contributed by atoms with Gasteiger partial charge in [0.1, 0.15) is 11.5 Å². The quantitative estimate of drug-likeness (QED) is 0.577. The topological polar surface area (TPSA) is 111 Å².